The average molecular weight is 360 g/mol. The molecule has 0 unspecified atom stereocenters. The molecule has 0 spiro atoms. The molecule has 0 atom stereocenters. The number of benzene rings is 1. The Labute approximate surface area is 150 Å². The number of nitrogens with one attached hydrogen (secondary N) is 1. The fourth-order valence-corrected chi connectivity index (χ4v) is 2.75. The highest BCUT2D eigenvalue weighted by Gasteiger charge is 2.32. The van der Waals surface area contributed by atoms with E-state index in [-0.39, 0.29) is 24.4 Å². The largest absolute Gasteiger partial charge is 0.465 e. The molecule has 1 aromatic heterocycles. The number of urea groups is 1. The Morgan fingerprint density at radius 1 is 1.31 bits per heavy atom. The van der Waals surface area contributed by atoms with Crippen molar-refractivity contribution in [3.63, 3.8) is 0 Å². The minimum atomic E-state index is -0.472. The topological polar surface area (TPSA) is 71.8 Å². The molecule has 1 heterocycles. The smallest absolute Gasteiger partial charge is 0.341 e. The van der Waals surface area contributed by atoms with Gasteiger partial charge in [0.2, 0.25) is 0 Å². The van der Waals surface area contributed by atoms with Crippen molar-refractivity contribution in [2.24, 2.45) is 0 Å². The van der Waals surface area contributed by atoms with Gasteiger partial charge >= 0.3 is 12.0 Å². The molecule has 6 nitrogen and oxygen atoms in total. The second-order valence-electron chi connectivity index (χ2n) is 6.32. The van der Waals surface area contributed by atoms with E-state index < -0.39 is 5.97 Å². The summed E-state index contributed by atoms with van der Waals surface area (Å²) in [5.74, 6) is 0.158. The lowest BCUT2D eigenvalue weighted by Crippen LogP contribution is -2.40. The summed E-state index contributed by atoms with van der Waals surface area (Å²) < 4.78 is 23.2. The van der Waals surface area contributed by atoms with E-state index in [9.17, 15) is 14.0 Å². The number of furan rings is 1. The number of hydrogen-bond donors (Lipinski definition) is 1. The summed E-state index contributed by atoms with van der Waals surface area (Å²) in [7, 11) is 1.30. The van der Waals surface area contributed by atoms with Crippen LogP contribution in [-0.2, 0) is 17.8 Å². The van der Waals surface area contributed by atoms with Gasteiger partial charge < -0.3 is 19.4 Å². The maximum Gasteiger partial charge on any atom is 0.341 e. The molecule has 1 saturated carbocycles. The monoisotopic (exact) mass is 360 g/mol. The second kappa shape index (κ2) is 7.59. The predicted octanol–water partition coefficient (Wildman–Crippen LogP) is 3.39. The van der Waals surface area contributed by atoms with Crippen LogP contribution in [-0.4, -0.2) is 30.1 Å². The Morgan fingerprint density at radius 3 is 2.62 bits per heavy atom. The highest BCUT2D eigenvalue weighted by molar-refractivity contribution is 5.90. The van der Waals surface area contributed by atoms with Crippen molar-refractivity contribution < 1.29 is 23.1 Å². The van der Waals surface area contributed by atoms with E-state index in [1.54, 1.807) is 30.0 Å². The molecule has 1 N–H and O–H groups in total. The number of carbonyl (C=O) groups excluding carboxylic acids is 2. The molecule has 1 aromatic carbocycles. The SMILES string of the molecule is COC(=O)c1cc(CNC(=O)N(Cc2ccc(F)cc2)C2CC2)oc1C. The van der Waals surface area contributed by atoms with Crippen LogP contribution in [0.3, 0.4) is 0 Å². The van der Waals surface area contributed by atoms with Crippen molar-refractivity contribution in [1.82, 2.24) is 10.2 Å². The van der Waals surface area contributed by atoms with E-state index in [2.05, 4.69) is 10.1 Å². The number of aryl methyl sites for hydroxylation is 1. The third kappa shape index (κ3) is 4.22. The van der Waals surface area contributed by atoms with Crippen LogP contribution in [0.1, 0.15) is 40.3 Å². The minimum absolute atomic E-state index is 0.170. The lowest BCUT2D eigenvalue weighted by Gasteiger charge is -2.22. The molecule has 1 aliphatic rings. The normalized spacial score (nSPS) is 13.3. The first kappa shape index (κ1) is 18.0. The van der Waals surface area contributed by atoms with E-state index in [0.29, 0.717) is 23.6 Å². The van der Waals surface area contributed by atoms with Crippen molar-refractivity contribution in [2.45, 2.75) is 38.9 Å². The van der Waals surface area contributed by atoms with Crippen LogP contribution < -0.4 is 5.32 Å². The van der Waals surface area contributed by atoms with Crippen molar-refractivity contribution in [3.05, 3.63) is 58.8 Å². The Morgan fingerprint density at radius 2 is 2.00 bits per heavy atom. The summed E-state index contributed by atoms with van der Waals surface area (Å²) in [5.41, 5.74) is 1.22. The number of rotatable bonds is 6. The van der Waals surface area contributed by atoms with Gasteiger partial charge in [-0.05, 0) is 43.5 Å². The van der Waals surface area contributed by atoms with E-state index in [1.165, 1.54) is 19.2 Å². The first-order valence-electron chi connectivity index (χ1n) is 8.44. The summed E-state index contributed by atoms with van der Waals surface area (Å²) in [4.78, 5) is 25.9. The van der Waals surface area contributed by atoms with Gasteiger partial charge in [0.25, 0.3) is 0 Å². The van der Waals surface area contributed by atoms with Gasteiger partial charge in [0.05, 0.1) is 13.7 Å². The molecule has 0 saturated heterocycles. The predicted molar refractivity (Wildman–Crippen MR) is 92.0 cm³/mol. The molecule has 0 bridgehead atoms. The number of methoxy groups -OCH3 is 1. The fourth-order valence-electron chi connectivity index (χ4n) is 2.75. The molecule has 138 valence electrons. The molecule has 2 aromatic rings. The third-order valence-electron chi connectivity index (χ3n) is 4.30. The summed E-state index contributed by atoms with van der Waals surface area (Å²) in [6.07, 6.45) is 1.92. The van der Waals surface area contributed by atoms with Gasteiger partial charge in [-0.3, -0.25) is 0 Å². The summed E-state index contributed by atoms with van der Waals surface area (Å²) >= 11 is 0. The fraction of sp³-hybridized carbons (Fsp3) is 0.368. The number of halogens is 1. The van der Waals surface area contributed by atoms with Gasteiger partial charge in [-0.2, -0.15) is 0 Å². The minimum Gasteiger partial charge on any atom is -0.465 e. The molecule has 2 amide bonds. The zero-order valence-electron chi connectivity index (χ0n) is 14.8. The highest BCUT2D eigenvalue weighted by atomic mass is 19.1. The van der Waals surface area contributed by atoms with Gasteiger partial charge in [0.15, 0.2) is 0 Å². The van der Waals surface area contributed by atoms with Gasteiger partial charge in [0, 0.05) is 12.6 Å². The Kier molecular flexibility index (Phi) is 5.25. The first-order valence-corrected chi connectivity index (χ1v) is 8.44. The standard InChI is InChI=1S/C19H21FN2O4/c1-12-17(18(23)25-2)9-16(26-12)10-21-19(24)22(15-7-8-15)11-13-3-5-14(20)6-4-13/h3-6,9,15H,7-8,10-11H2,1-2H3,(H,21,24). The Hall–Kier alpha value is -2.83. The quantitative estimate of drug-likeness (QED) is 0.802. The molecular weight excluding hydrogens is 339 g/mol. The lowest BCUT2D eigenvalue weighted by molar-refractivity contribution is 0.0598. The molecule has 1 fully saturated rings. The van der Waals surface area contributed by atoms with Crippen LogP contribution in [0.5, 0.6) is 0 Å². The maximum absolute atomic E-state index is 13.0. The first-order chi connectivity index (χ1) is 12.5. The number of carbonyl (C=O) groups is 2. The summed E-state index contributed by atoms with van der Waals surface area (Å²) in [5, 5.41) is 2.82. The van der Waals surface area contributed by atoms with Crippen LogP contribution in [0.4, 0.5) is 9.18 Å². The average Bonchev–Trinajstić information content (AvgIpc) is 3.40. The lowest BCUT2D eigenvalue weighted by atomic mass is 10.2. The van der Waals surface area contributed by atoms with Crippen LogP contribution in [0, 0.1) is 12.7 Å². The molecule has 7 heteroatoms. The van der Waals surface area contributed by atoms with Gasteiger partial charge in [-0.25, -0.2) is 14.0 Å². The molecule has 1 aliphatic carbocycles. The van der Waals surface area contributed by atoms with E-state index in [4.69, 9.17) is 4.42 Å². The summed E-state index contributed by atoms with van der Waals surface area (Å²) in [6.45, 7) is 2.26. The second-order valence-corrected chi connectivity index (χ2v) is 6.32. The van der Waals surface area contributed by atoms with Crippen molar-refractivity contribution in [2.75, 3.05) is 7.11 Å². The van der Waals surface area contributed by atoms with E-state index >= 15 is 0 Å². The zero-order valence-corrected chi connectivity index (χ0v) is 14.8. The van der Waals surface area contributed by atoms with E-state index in [0.717, 1.165) is 18.4 Å². The maximum atomic E-state index is 13.0. The van der Waals surface area contributed by atoms with Crippen molar-refractivity contribution in [3.8, 4) is 0 Å². The number of nitrogens with zero attached hydrogens (tertiary/aromatic N) is 1. The summed E-state index contributed by atoms with van der Waals surface area (Å²) in [6, 6.07) is 7.68. The van der Waals surface area contributed by atoms with Crippen molar-refractivity contribution >= 4 is 12.0 Å². The molecule has 0 radical (unpaired) electrons. The Bertz CT molecular complexity index is 796. The molecule has 26 heavy (non-hydrogen) atoms. The zero-order chi connectivity index (χ0) is 18.7. The third-order valence-corrected chi connectivity index (χ3v) is 4.30. The van der Waals surface area contributed by atoms with Crippen LogP contribution in [0.15, 0.2) is 34.7 Å². The van der Waals surface area contributed by atoms with Crippen LogP contribution >= 0.6 is 0 Å². The van der Waals surface area contributed by atoms with E-state index in [1.807, 2.05) is 0 Å². The number of amides is 2. The number of ether oxygens (including phenoxy) is 1. The van der Waals surface area contributed by atoms with Crippen LogP contribution in [0.25, 0.3) is 0 Å². The van der Waals surface area contributed by atoms with Gasteiger partial charge in [-0.15, -0.1) is 0 Å². The molecule has 0 aliphatic heterocycles. The number of hydrogen-bond acceptors (Lipinski definition) is 4. The molecule has 3 rings (SSSR count). The van der Waals surface area contributed by atoms with Crippen LogP contribution in [0.2, 0.25) is 0 Å². The molecular formula is C19H21FN2O4. The highest BCUT2D eigenvalue weighted by Crippen LogP contribution is 2.28. The number of esters is 1. The van der Waals surface area contributed by atoms with Gasteiger partial charge in [-0.1, -0.05) is 12.1 Å². The van der Waals surface area contributed by atoms with Crippen molar-refractivity contribution in [1.29, 1.82) is 0 Å². The Balaban J connectivity index is 1.62. The van der Waals surface area contributed by atoms with Gasteiger partial charge in [0.1, 0.15) is 22.9 Å².